The quantitative estimate of drug-likeness (QED) is 0.194. The minimum Gasteiger partial charge on any atom is -0.411 e. The highest BCUT2D eigenvalue weighted by atomic mass is 16.4. The van der Waals surface area contributed by atoms with Crippen LogP contribution < -0.4 is 5.84 Å². The van der Waals surface area contributed by atoms with E-state index in [0.29, 0.717) is 0 Å². The summed E-state index contributed by atoms with van der Waals surface area (Å²) in [5.74, 6) is 4.58. The molecule has 0 rings (SSSR count). The highest BCUT2D eigenvalue weighted by Crippen LogP contribution is 1.42. The third kappa shape index (κ3) is 2.94. The maximum absolute atomic E-state index is 7.62. The molecule has 0 amide bonds. The van der Waals surface area contributed by atoms with E-state index < -0.39 is 0 Å². The maximum Gasteiger partial charge on any atom is 0.0861 e. The molecule has 0 spiro atoms. The third-order valence-electron chi connectivity index (χ3n) is 0.219. The number of nitrogens with two attached hydrogens (primary N) is 1. The molecule has 34 valence electrons. The fourth-order valence-electron chi connectivity index (χ4n) is 0.0683. The molecular weight excluding hydrogens is 82.0 g/mol. The standard InChI is InChI=1S/C2H5N3O/c3-4-1-2-5-6/h1-2,6H,3H2/b4-1+,5-2+. The minimum atomic E-state index is 1.07. The van der Waals surface area contributed by atoms with Gasteiger partial charge in [0.2, 0.25) is 0 Å². The van der Waals surface area contributed by atoms with E-state index in [1.165, 1.54) is 6.21 Å². The number of rotatable bonds is 1. The molecule has 0 saturated carbocycles. The van der Waals surface area contributed by atoms with E-state index in [0.717, 1.165) is 6.21 Å². The predicted octanol–water partition coefficient (Wildman–Crippen LogP) is -0.609. The van der Waals surface area contributed by atoms with Crippen LogP contribution in [0.1, 0.15) is 0 Å². The monoisotopic (exact) mass is 87.0 g/mol. The number of nitrogens with zero attached hydrogens (tertiary/aromatic N) is 2. The normalized spacial score (nSPS) is 11.3. The molecule has 0 bridgehead atoms. The van der Waals surface area contributed by atoms with E-state index in [-0.39, 0.29) is 0 Å². The molecule has 0 fully saturated rings. The van der Waals surface area contributed by atoms with Crippen molar-refractivity contribution in [3.05, 3.63) is 0 Å². The first kappa shape index (κ1) is 4.94. The molecule has 0 aliphatic carbocycles. The molecule has 0 aromatic rings. The van der Waals surface area contributed by atoms with Crippen LogP contribution in [0.2, 0.25) is 0 Å². The predicted molar refractivity (Wildman–Crippen MR) is 23.0 cm³/mol. The van der Waals surface area contributed by atoms with Gasteiger partial charge >= 0.3 is 0 Å². The lowest BCUT2D eigenvalue weighted by Crippen LogP contribution is -1.81. The van der Waals surface area contributed by atoms with E-state index in [9.17, 15) is 0 Å². The van der Waals surface area contributed by atoms with E-state index in [2.05, 4.69) is 16.1 Å². The summed E-state index contributed by atoms with van der Waals surface area (Å²) < 4.78 is 0. The minimum absolute atomic E-state index is 1.07. The van der Waals surface area contributed by atoms with Crippen molar-refractivity contribution in [1.82, 2.24) is 0 Å². The van der Waals surface area contributed by atoms with E-state index in [1.54, 1.807) is 0 Å². The van der Waals surface area contributed by atoms with Crippen molar-refractivity contribution in [3.8, 4) is 0 Å². The van der Waals surface area contributed by atoms with Crippen LogP contribution in [0, 0.1) is 0 Å². The first-order valence-corrected chi connectivity index (χ1v) is 1.31. The van der Waals surface area contributed by atoms with Crippen LogP contribution in [-0.2, 0) is 0 Å². The zero-order valence-electron chi connectivity index (χ0n) is 3.07. The van der Waals surface area contributed by atoms with Gasteiger partial charge in [-0.3, -0.25) is 0 Å². The van der Waals surface area contributed by atoms with E-state index >= 15 is 0 Å². The Morgan fingerprint density at radius 1 is 1.50 bits per heavy atom. The fraction of sp³-hybridized carbons (Fsp3) is 0. The maximum atomic E-state index is 7.62. The van der Waals surface area contributed by atoms with Gasteiger partial charge in [0.15, 0.2) is 0 Å². The van der Waals surface area contributed by atoms with Crippen molar-refractivity contribution in [1.29, 1.82) is 0 Å². The van der Waals surface area contributed by atoms with Crippen molar-refractivity contribution in [2.24, 2.45) is 16.1 Å². The van der Waals surface area contributed by atoms with Crippen LogP contribution in [0.15, 0.2) is 10.3 Å². The van der Waals surface area contributed by atoms with E-state index in [4.69, 9.17) is 5.21 Å². The van der Waals surface area contributed by atoms with Crippen molar-refractivity contribution < 1.29 is 5.21 Å². The molecule has 0 heterocycles. The smallest absolute Gasteiger partial charge is 0.0861 e. The fourth-order valence-corrected chi connectivity index (χ4v) is 0.0683. The van der Waals surface area contributed by atoms with Crippen LogP contribution in [-0.4, -0.2) is 17.6 Å². The first-order chi connectivity index (χ1) is 2.91. The highest BCUT2D eigenvalue weighted by molar-refractivity contribution is 6.15. The molecule has 0 aliphatic rings. The lowest BCUT2D eigenvalue weighted by atomic mass is 10.8. The summed E-state index contributed by atoms with van der Waals surface area (Å²) >= 11 is 0. The molecule has 0 aromatic heterocycles. The van der Waals surface area contributed by atoms with Gasteiger partial charge in [0.25, 0.3) is 0 Å². The molecule has 4 nitrogen and oxygen atoms in total. The van der Waals surface area contributed by atoms with Crippen molar-refractivity contribution in [2.45, 2.75) is 0 Å². The van der Waals surface area contributed by atoms with Crippen LogP contribution in [0.5, 0.6) is 0 Å². The second-order valence-corrected chi connectivity index (χ2v) is 0.563. The van der Waals surface area contributed by atoms with Gasteiger partial charge in [-0.15, -0.1) is 0 Å². The zero-order valence-corrected chi connectivity index (χ0v) is 3.07. The lowest BCUT2D eigenvalue weighted by molar-refractivity contribution is 0.322. The van der Waals surface area contributed by atoms with Gasteiger partial charge in [0.1, 0.15) is 0 Å². The summed E-state index contributed by atoms with van der Waals surface area (Å²) in [4.78, 5) is 0. The topological polar surface area (TPSA) is 71.0 Å². The van der Waals surface area contributed by atoms with Crippen LogP contribution >= 0.6 is 0 Å². The van der Waals surface area contributed by atoms with Crippen molar-refractivity contribution in [2.75, 3.05) is 0 Å². The third-order valence-corrected chi connectivity index (χ3v) is 0.219. The second-order valence-electron chi connectivity index (χ2n) is 0.563. The molecule has 0 unspecified atom stereocenters. The van der Waals surface area contributed by atoms with Gasteiger partial charge < -0.3 is 11.0 Å². The van der Waals surface area contributed by atoms with Crippen molar-refractivity contribution in [3.63, 3.8) is 0 Å². The van der Waals surface area contributed by atoms with Crippen LogP contribution in [0.4, 0.5) is 0 Å². The summed E-state index contributed by atoms with van der Waals surface area (Å²) in [6, 6.07) is 0. The number of oxime groups is 1. The molecule has 0 aliphatic heterocycles. The van der Waals surface area contributed by atoms with Gasteiger partial charge in [-0.25, -0.2) is 0 Å². The van der Waals surface area contributed by atoms with E-state index in [1.807, 2.05) is 0 Å². The van der Waals surface area contributed by atoms with Crippen LogP contribution in [0.3, 0.4) is 0 Å². The molecule has 0 aromatic carbocycles. The lowest BCUT2D eigenvalue weighted by Gasteiger charge is -1.63. The molecule has 4 heteroatoms. The summed E-state index contributed by atoms with van der Waals surface area (Å²) in [6.45, 7) is 0. The van der Waals surface area contributed by atoms with Gasteiger partial charge in [0, 0.05) is 0 Å². The van der Waals surface area contributed by atoms with Crippen LogP contribution in [0.25, 0.3) is 0 Å². The molecule has 0 radical (unpaired) electrons. The number of hydrazone groups is 1. The summed E-state index contributed by atoms with van der Waals surface area (Å²) in [7, 11) is 0. The zero-order chi connectivity index (χ0) is 4.83. The van der Waals surface area contributed by atoms with Crippen molar-refractivity contribution >= 4 is 12.4 Å². The molecule has 0 saturated heterocycles. The Balaban J connectivity index is 3.07. The Morgan fingerprint density at radius 3 is 2.33 bits per heavy atom. The first-order valence-electron chi connectivity index (χ1n) is 1.31. The Bertz CT molecular complexity index is 57.2. The molecule has 3 N–H and O–H groups in total. The second kappa shape index (κ2) is 3.94. The Morgan fingerprint density at radius 2 is 2.17 bits per heavy atom. The average Bonchev–Trinajstić information content (AvgIpc) is 1.61. The molecule has 0 atom stereocenters. The Labute approximate surface area is 35.0 Å². The SMILES string of the molecule is N/N=C/C=N/O. The van der Waals surface area contributed by atoms with Gasteiger partial charge in [-0.05, 0) is 0 Å². The average molecular weight is 87.1 g/mol. The largest absolute Gasteiger partial charge is 0.411 e. The van der Waals surface area contributed by atoms with Gasteiger partial charge in [-0.1, -0.05) is 5.16 Å². The highest BCUT2D eigenvalue weighted by Gasteiger charge is 1.52. The molecule has 6 heavy (non-hydrogen) atoms. The number of hydrogen-bond acceptors (Lipinski definition) is 4. The summed E-state index contributed by atoms with van der Waals surface area (Å²) in [5.41, 5.74) is 0. The Kier molecular flexibility index (Phi) is 3.24. The summed E-state index contributed by atoms with van der Waals surface area (Å²) in [5, 5.41) is 13.2. The van der Waals surface area contributed by atoms with Gasteiger partial charge in [-0.2, -0.15) is 5.10 Å². The Hall–Kier alpha value is -1.06. The summed E-state index contributed by atoms with van der Waals surface area (Å²) in [6.07, 6.45) is 2.24. The number of hydrogen-bond donors (Lipinski definition) is 2. The van der Waals surface area contributed by atoms with Gasteiger partial charge in [0.05, 0.1) is 12.4 Å². The molecular formula is C2H5N3O.